The number of likely N-dealkylation sites (tertiary alicyclic amines) is 1. The molecular weight excluding hydrogens is 194 g/mol. The highest BCUT2D eigenvalue weighted by atomic mass is 16.5. The predicted octanol–water partition coefficient (Wildman–Crippen LogP) is 1.97. The summed E-state index contributed by atoms with van der Waals surface area (Å²) >= 11 is 0. The molecule has 1 rings (SSSR count). The van der Waals surface area contributed by atoms with Crippen molar-refractivity contribution in [3.63, 3.8) is 0 Å². The second-order valence-corrected chi connectivity index (χ2v) is 3.95. The highest BCUT2D eigenvalue weighted by Gasteiger charge is 2.33. The molecule has 0 bridgehead atoms. The van der Waals surface area contributed by atoms with E-state index in [0.717, 1.165) is 38.4 Å². The number of aldehydes is 1. The summed E-state index contributed by atoms with van der Waals surface area (Å²) in [7, 11) is 1.36. The van der Waals surface area contributed by atoms with Crippen molar-refractivity contribution in [2.45, 2.75) is 51.1 Å². The molecule has 86 valence electrons. The Kier molecular flexibility index (Phi) is 4.59. The van der Waals surface area contributed by atoms with Crippen LogP contribution in [0.2, 0.25) is 0 Å². The largest absolute Gasteiger partial charge is 0.453 e. The van der Waals surface area contributed by atoms with E-state index in [4.69, 9.17) is 4.74 Å². The van der Waals surface area contributed by atoms with Gasteiger partial charge in [-0.1, -0.05) is 13.3 Å². The summed E-state index contributed by atoms with van der Waals surface area (Å²) in [5.41, 5.74) is 0. The zero-order valence-electron chi connectivity index (χ0n) is 9.44. The first-order valence-electron chi connectivity index (χ1n) is 5.56. The summed E-state index contributed by atoms with van der Waals surface area (Å²) in [6, 6.07) is -0.117. The molecule has 4 nitrogen and oxygen atoms in total. The molecule has 1 amide bonds. The Morgan fingerprint density at radius 3 is 2.80 bits per heavy atom. The van der Waals surface area contributed by atoms with E-state index in [9.17, 15) is 9.59 Å². The Bertz CT molecular complexity index is 228. The highest BCUT2D eigenvalue weighted by Crippen LogP contribution is 2.25. The molecule has 0 saturated carbocycles. The lowest BCUT2D eigenvalue weighted by Crippen LogP contribution is -2.50. The molecule has 0 radical (unpaired) electrons. The van der Waals surface area contributed by atoms with Gasteiger partial charge in [-0.15, -0.1) is 0 Å². The average molecular weight is 213 g/mol. The van der Waals surface area contributed by atoms with Crippen LogP contribution in [-0.4, -0.2) is 36.5 Å². The van der Waals surface area contributed by atoms with Gasteiger partial charge in [0.05, 0.1) is 13.2 Å². The van der Waals surface area contributed by atoms with Gasteiger partial charge >= 0.3 is 6.09 Å². The van der Waals surface area contributed by atoms with E-state index in [1.54, 1.807) is 4.90 Å². The van der Waals surface area contributed by atoms with Crippen LogP contribution >= 0.6 is 0 Å². The van der Waals surface area contributed by atoms with Crippen molar-refractivity contribution in [1.82, 2.24) is 4.90 Å². The van der Waals surface area contributed by atoms with Gasteiger partial charge in [-0.2, -0.15) is 0 Å². The Balaban J connectivity index is 2.75. The number of nitrogens with zero attached hydrogens (tertiary/aromatic N) is 1. The van der Waals surface area contributed by atoms with Gasteiger partial charge < -0.3 is 9.53 Å². The quantitative estimate of drug-likeness (QED) is 0.673. The first-order valence-corrected chi connectivity index (χ1v) is 5.56. The maximum Gasteiger partial charge on any atom is 0.410 e. The van der Waals surface area contributed by atoms with Crippen LogP contribution in [0.5, 0.6) is 0 Å². The van der Waals surface area contributed by atoms with E-state index in [-0.39, 0.29) is 18.2 Å². The Morgan fingerprint density at radius 1 is 1.53 bits per heavy atom. The summed E-state index contributed by atoms with van der Waals surface area (Å²) in [5.74, 6) is 0. The maximum absolute atomic E-state index is 11.6. The monoisotopic (exact) mass is 213 g/mol. The smallest absolute Gasteiger partial charge is 0.410 e. The minimum absolute atomic E-state index is 0.173. The maximum atomic E-state index is 11.6. The fourth-order valence-corrected chi connectivity index (χ4v) is 2.25. The first kappa shape index (κ1) is 12.0. The van der Waals surface area contributed by atoms with Crippen molar-refractivity contribution in [2.24, 2.45) is 0 Å². The van der Waals surface area contributed by atoms with Crippen LogP contribution in [0.4, 0.5) is 4.79 Å². The van der Waals surface area contributed by atoms with Crippen LogP contribution < -0.4 is 0 Å². The lowest BCUT2D eigenvalue weighted by Gasteiger charge is -2.38. The molecule has 0 aromatic carbocycles. The minimum atomic E-state index is -0.370. The van der Waals surface area contributed by atoms with E-state index < -0.39 is 0 Å². The van der Waals surface area contributed by atoms with E-state index in [0.29, 0.717) is 0 Å². The first-order chi connectivity index (χ1) is 7.24. The number of methoxy groups -OCH3 is 1. The van der Waals surface area contributed by atoms with E-state index in [1.165, 1.54) is 7.11 Å². The number of hydrogen-bond acceptors (Lipinski definition) is 3. The standard InChI is InChI=1S/C11H19NO3/c1-3-5-9-6-4-7-10(8-13)12(9)11(14)15-2/h8-10H,3-7H2,1-2H3/t9-,10-/m0/s1. The van der Waals surface area contributed by atoms with Crippen molar-refractivity contribution in [1.29, 1.82) is 0 Å². The summed E-state index contributed by atoms with van der Waals surface area (Å²) in [5, 5.41) is 0. The zero-order chi connectivity index (χ0) is 11.3. The number of ether oxygens (including phenoxy) is 1. The molecule has 1 saturated heterocycles. The molecule has 1 heterocycles. The number of piperidine rings is 1. The van der Waals surface area contributed by atoms with Crippen LogP contribution in [0.15, 0.2) is 0 Å². The molecule has 1 aliphatic rings. The van der Waals surface area contributed by atoms with Gasteiger partial charge in [0.1, 0.15) is 6.29 Å². The minimum Gasteiger partial charge on any atom is -0.453 e. The lowest BCUT2D eigenvalue weighted by atomic mass is 9.94. The van der Waals surface area contributed by atoms with Gasteiger partial charge in [0.25, 0.3) is 0 Å². The van der Waals surface area contributed by atoms with Crippen LogP contribution in [0.1, 0.15) is 39.0 Å². The summed E-state index contributed by atoms with van der Waals surface area (Å²) in [6.07, 6.45) is 5.21. The van der Waals surface area contributed by atoms with Gasteiger partial charge in [-0.3, -0.25) is 4.90 Å². The fourth-order valence-electron chi connectivity index (χ4n) is 2.25. The SMILES string of the molecule is CCC[C@H]1CCC[C@@H](C=O)N1C(=O)OC. The van der Waals surface area contributed by atoms with Crippen molar-refractivity contribution in [3.05, 3.63) is 0 Å². The van der Waals surface area contributed by atoms with E-state index in [2.05, 4.69) is 6.92 Å². The van der Waals surface area contributed by atoms with Gasteiger partial charge in [0.15, 0.2) is 0 Å². The highest BCUT2D eigenvalue weighted by molar-refractivity contribution is 5.74. The molecule has 0 unspecified atom stereocenters. The van der Waals surface area contributed by atoms with Crippen LogP contribution in [0.25, 0.3) is 0 Å². The topological polar surface area (TPSA) is 46.6 Å². The van der Waals surface area contributed by atoms with Crippen LogP contribution in [0.3, 0.4) is 0 Å². The predicted molar refractivity (Wildman–Crippen MR) is 56.6 cm³/mol. The second-order valence-electron chi connectivity index (χ2n) is 3.95. The van der Waals surface area contributed by atoms with Gasteiger partial charge in [0.2, 0.25) is 0 Å². The molecule has 0 aromatic heterocycles. The van der Waals surface area contributed by atoms with Gasteiger partial charge in [-0.05, 0) is 25.7 Å². The Morgan fingerprint density at radius 2 is 2.27 bits per heavy atom. The average Bonchev–Trinajstić information content (AvgIpc) is 2.28. The number of rotatable bonds is 3. The number of carbonyl (C=O) groups excluding carboxylic acids is 2. The second kappa shape index (κ2) is 5.73. The summed E-state index contributed by atoms with van der Waals surface area (Å²) < 4.78 is 4.73. The van der Waals surface area contributed by atoms with Crippen molar-refractivity contribution >= 4 is 12.4 Å². The normalized spacial score (nSPS) is 26.1. The van der Waals surface area contributed by atoms with E-state index >= 15 is 0 Å². The summed E-state index contributed by atoms with van der Waals surface area (Å²) in [4.78, 5) is 24.1. The third kappa shape index (κ3) is 2.70. The number of amides is 1. The molecule has 0 spiro atoms. The van der Waals surface area contributed by atoms with Crippen molar-refractivity contribution in [3.8, 4) is 0 Å². The molecule has 0 aliphatic carbocycles. The molecule has 1 fully saturated rings. The van der Waals surface area contributed by atoms with Gasteiger partial charge in [0, 0.05) is 6.04 Å². The number of hydrogen-bond donors (Lipinski definition) is 0. The Hall–Kier alpha value is -1.06. The van der Waals surface area contributed by atoms with Gasteiger partial charge in [-0.25, -0.2) is 4.79 Å². The third-order valence-corrected chi connectivity index (χ3v) is 2.95. The molecule has 2 atom stereocenters. The fraction of sp³-hybridized carbons (Fsp3) is 0.818. The Labute approximate surface area is 90.6 Å². The third-order valence-electron chi connectivity index (χ3n) is 2.95. The number of carbonyl (C=O) groups is 2. The van der Waals surface area contributed by atoms with Crippen LogP contribution in [0, 0.1) is 0 Å². The molecule has 4 heteroatoms. The molecule has 0 aromatic rings. The zero-order valence-corrected chi connectivity index (χ0v) is 9.44. The van der Waals surface area contributed by atoms with Crippen molar-refractivity contribution in [2.75, 3.05) is 7.11 Å². The summed E-state index contributed by atoms with van der Waals surface area (Å²) in [6.45, 7) is 2.08. The lowest BCUT2D eigenvalue weighted by molar-refractivity contribution is -0.114. The van der Waals surface area contributed by atoms with Crippen molar-refractivity contribution < 1.29 is 14.3 Å². The molecular formula is C11H19NO3. The molecule has 0 N–H and O–H groups in total. The van der Waals surface area contributed by atoms with E-state index in [1.807, 2.05) is 0 Å². The molecule has 1 aliphatic heterocycles. The molecule has 15 heavy (non-hydrogen) atoms. The van der Waals surface area contributed by atoms with Crippen LogP contribution in [-0.2, 0) is 9.53 Å².